The summed E-state index contributed by atoms with van der Waals surface area (Å²) in [5.41, 5.74) is 1.64. The largest absolute Gasteiger partial charge is 0.313 e. The third-order valence-electron chi connectivity index (χ3n) is 2.79. The van der Waals surface area contributed by atoms with Crippen molar-refractivity contribution in [3.63, 3.8) is 0 Å². The first-order chi connectivity index (χ1) is 9.10. The third-order valence-corrected chi connectivity index (χ3v) is 3.00. The maximum Gasteiger partial charge on any atom is 0.131 e. The zero-order valence-electron chi connectivity index (χ0n) is 10.5. The minimum atomic E-state index is -0.473. The predicted octanol–water partition coefficient (Wildman–Crippen LogP) is 4.39. The van der Waals surface area contributed by atoms with Crippen LogP contribution in [0.15, 0.2) is 36.4 Å². The van der Waals surface area contributed by atoms with Gasteiger partial charge in [0.1, 0.15) is 11.6 Å². The highest BCUT2D eigenvalue weighted by molar-refractivity contribution is 6.30. The SMILES string of the molecule is CCNCc1ccc(-c2cc(F)cc(Cl)c2)c(F)c1. The van der Waals surface area contributed by atoms with Gasteiger partial charge in [-0.05, 0) is 41.9 Å². The van der Waals surface area contributed by atoms with Gasteiger partial charge in [0.15, 0.2) is 0 Å². The molecule has 2 aromatic carbocycles. The molecule has 100 valence electrons. The number of rotatable bonds is 4. The highest BCUT2D eigenvalue weighted by Crippen LogP contribution is 2.27. The molecule has 0 amide bonds. The summed E-state index contributed by atoms with van der Waals surface area (Å²) in [5.74, 6) is -0.851. The number of nitrogens with one attached hydrogen (secondary N) is 1. The Morgan fingerprint density at radius 1 is 1.11 bits per heavy atom. The van der Waals surface area contributed by atoms with E-state index in [2.05, 4.69) is 5.32 Å². The summed E-state index contributed by atoms with van der Waals surface area (Å²) in [6, 6.07) is 8.94. The Morgan fingerprint density at radius 2 is 1.89 bits per heavy atom. The lowest BCUT2D eigenvalue weighted by Gasteiger charge is -2.08. The van der Waals surface area contributed by atoms with E-state index < -0.39 is 5.82 Å². The van der Waals surface area contributed by atoms with Crippen LogP contribution in [0.3, 0.4) is 0 Å². The van der Waals surface area contributed by atoms with Crippen LogP contribution in [0.2, 0.25) is 5.02 Å². The van der Waals surface area contributed by atoms with Crippen LogP contribution in [-0.4, -0.2) is 6.54 Å². The number of hydrogen-bond donors (Lipinski definition) is 1. The zero-order valence-corrected chi connectivity index (χ0v) is 11.3. The lowest BCUT2D eigenvalue weighted by atomic mass is 10.0. The smallest absolute Gasteiger partial charge is 0.131 e. The van der Waals surface area contributed by atoms with Crippen LogP contribution < -0.4 is 5.32 Å². The fourth-order valence-electron chi connectivity index (χ4n) is 1.88. The molecule has 0 bridgehead atoms. The summed E-state index contributed by atoms with van der Waals surface area (Å²) in [6.07, 6.45) is 0. The van der Waals surface area contributed by atoms with E-state index in [9.17, 15) is 8.78 Å². The Morgan fingerprint density at radius 3 is 2.53 bits per heavy atom. The van der Waals surface area contributed by atoms with Crippen LogP contribution in [0.4, 0.5) is 8.78 Å². The van der Waals surface area contributed by atoms with Crippen LogP contribution in [-0.2, 0) is 6.54 Å². The second-order valence-electron chi connectivity index (χ2n) is 4.25. The normalized spacial score (nSPS) is 10.7. The lowest BCUT2D eigenvalue weighted by Crippen LogP contribution is -2.11. The van der Waals surface area contributed by atoms with E-state index in [1.54, 1.807) is 12.1 Å². The maximum absolute atomic E-state index is 14.0. The third kappa shape index (κ3) is 3.52. The summed E-state index contributed by atoms with van der Waals surface area (Å²) in [4.78, 5) is 0. The molecule has 0 radical (unpaired) electrons. The summed E-state index contributed by atoms with van der Waals surface area (Å²) in [7, 11) is 0. The standard InChI is InChI=1S/C15H14ClF2N/c1-2-19-9-10-3-4-14(15(18)5-10)11-6-12(16)8-13(17)7-11/h3-8,19H,2,9H2,1H3. The summed E-state index contributed by atoms with van der Waals surface area (Å²) >= 11 is 5.78. The van der Waals surface area contributed by atoms with E-state index in [1.165, 1.54) is 18.2 Å². The topological polar surface area (TPSA) is 12.0 Å². The van der Waals surface area contributed by atoms with Gasteiger partial charge in [0.25, 0.3) is 0 Å². The molecular formula is C15H14ClF2N. The van der Waals surface area contributed by atoms with Crippen LogP contribution in [0.25, 0.3) is 11.1 Å². The molecule has 0 aromatic heterocycles. The van der Waals surface area contributed by atoms with Crippen molar-refractivity contribution in [2.45, 2.75) is 13.5 Å². The summed E-state index contributed by atoms with van der Waals surface area (Å²) in [6.45, 7) is 3.42. The molecule has 0 unspecified atom stereocenters. The van der Waals surface area contributed by atoms with Gasteiger partial charge in [-0.2, -0.15) is 0 Å². The lowest BCUT2D eigenvalue weighted by molar-refractivity contribution is 0.622. The Balaban J connectivity index is 2.34. The zero-order chi connectivity index (χ0) is 13.8. The molecular weight excluding hydrogens is 268 g/mol. The minimum Gasteiger partial charge on any atom is -0.313 e. The quantitative estimate of drug-likeness (QED) is 0.876. The van der Waals surface area contributed by atoms with Crippen molar-refractivity contribution < 1.29 is 8.78 Å². The summed E-state index contributed by atoms with van der Waals surface area (Å²) < 4.78 is 27.3. The van der Waals surface area contributed by atoms with Crippen molar-refractivity contribution in [3.05, 3.63) is 58.6 Å². The molecule has 19 heavy (non-hydrogen) atoms. The van der Waals surface area contributed by atoms with Gasteiger partial charge in [0.05, 0.1) is 0 Å². The van der Waals surface area contributed by atoms with Gasteiger partial charge in [0, 0.05) is 17.1 Å². The molecule has 0 aliphatic rings. The van der Waals surface area contributed by atoms with Gasteiger partial charge in [-0.1, -0.05) is 30.7 Å². The number of hydrogen-bond acceptors (Lipinski definition) is 1. The average Bonchev–Trinajstić information content (AvgIpc) is 2.35. The van der Waals surface area contributed by atoms with Gasteiger partial charge in [0.2, 0.25) is 0 Å². The van der Waals surface area contributed by atoms with Crippen molar-refractivity contribution in [2.75, 3.05) is 6.54 Å². The molecule has 0 fully saturated rings. The van der Waals surface area contributed by atoms with Crippen molar-refractivity contribution >= 4 is 11.6 Å². The summed E-state index contributed by atoms with van der Waals surface area (Å²) in [5, 5.41) is 3.38. The molecule has 1 nitrogen and oxygen atoms in total. The van der Waals surface area contributed by atoms with Gasteiger partial charge < -0.3 is 5.32 Å². The van der Waals surface area contributed by atoms with E-state index in [-0.39, 0.29) is 10.8 Å². The average molecular weight is 282 g/mol. The van der Waals surface area contributed by atoms with E-state index in [4.69, 9.17) is 11.6 Å². The van der Waals surface area contributed by atoms with Crippen LogP contribution in [0.1, 0.15) is 12.5 Å². The first-order valence-corrected chi connectivity index (χ1v) is 6.43. The molecule has 0 aliphatic heterocycles. The molecule has 0 saturated heterocycles. The maximum atomic E-state index is 14.0. The first kappa shape index (κ1) is 14.0. The predicted molar refractivity (Wildman–Crippen MR) is 74.2 cm³/mol. The monoisotopic (exact) mass is 281 g/mol. The second-order valence-corrected chi connectivity index (χ2v) is 4.69. The minimum absolute atomic E-state index is 0.256. The van der Waals surface area contributed by atoms with Gasteiger partial charge >= 0.3 is 0 Å². The van der Waals surface area contributed by atoms with E-state index in [0.717, 1.165) is 12.1 Å². The molecule has 0 saturated carbocycles. The van der Waals surface area contributed by atoms with Crippen molar-refractivity contribution in [1.29, 1.82) is 0 Å². The second kappa shape index (κ2) is 6.13. The molecule has 0 atom stereocenters. The van der Waals surface area contributed by atoms with Crippen molar-refractivity contribution in [1.82, 2.24) is 5.32 Å². The Hall–Kier alpha value is -1.45. The van der Waals surface area contributed by atoms with E-state index in [1.807, 2.05) is 13.0 Å². The molecule has 0 spiro atoms. The molecule has 2 rings (SSSR count). The van der Waals surface area contributed by atoms with Crippen LogP contribution >= 0.6 is 11.6 Å². The highest BCUT2D eigenvalue weighted by atomic mass is 35.5. The van der Waals surface area contributed by atoms with Gasteiger partial charge in [-0.3, -0.25) is 0 Å². The fraction of sp³-hybridized carbons (Fsp3) is 0.200. The Labute approximate surface area is 116 Å². The Kier molecular flexibility index (Phi) is 4.51. The van der Waals surface area contributed by atoms with Gasteiger partial charge in [-0.15, -0.1) is 0 Å². The molecule has 0 aliphatic carbocycles. The van der Waals surface area contributed by atoms with Crippen molar-refractivity contribution in [2.24, 2.45) is 0 Å². The molecule has 4 heteroatoms. The van der Waals surface area contributed by atoms with Crippen LogP contribution in [0, 0.1) is 11.6 Å². The van der Waals surface area contributed by atoms with Crippen LogP contribution in [0.5, 0.6) is 0 Å². The van der Waals surface area contributed by atoms with Crippen molar-refractivity contribution in [3.8, 4) is 11.1 Å². The fourth-order valence-corrected chi connectivity index (χ4v) is 2.10. The molecule has 2 aromatic rings. The van der Waals surface area contributed by atoms with E-state index in [0.29, 0.717) is 17.7 Å². The van der Waals surface area contributed by atoms with Gasteiger partial charge in [-0.25, -0.2) is 8.78 Å². The number of halogens is 3. The number of benzene rings is 2. The first-order valence-electron chi connectivity index (χ1n) is 6.05. The molecule has 0 heterocycles. The highest BCUT2D eigenvalue weighted by Gasteiger charge is 2.08. The van der Waals surface area contributed by atoms with E-state index >= 15 is 0 Å². The molecule has 1 N–H and O–H groups in total. The Bertz CT molecular complexity index is 564.